The van der Waals surface area contributed by atoms with Gasteiger partial charge in [0.1, 0.15) is 22.6 Å². The number of carbonyl (C=O) groups excluding carboxylic acids is 1. The van der Waals surface area contributed by atoms with Crippen LogP contribution in [0.1, 0.15) is 12.5 Å². The van der Waals surface area contributed by atoms with Crippen molar-refractivity contribution < 1.29 is 9.53 Å². The molecule has 8 heteroatoms. The topological polar surface area (TPSA) is 92.8 Å². The van der Waals surface area contributed by atoms with Crippen molar-refractivity contribution in [2.75, 3.05) is 13.7 Å². The van der Waals surface area contributed by atoms with E-state index < -0.39 is 0 Å². The molecule has 0 unspecified atom stereocenters. The normalized spacial score (nSPS) is 12.1. The molecule has 25 heavy (non-hydrogen) atoms. The number of H-pyrrole nitrogens is 1. The van der Waals surface area contributed by atoms with Crippen molar-refractivity contribution in [3.63, 3.8) is 0 Å². The number of rotatable bonds is 7. The summed E-state index contributed by atoms with van der Waals surface area (Å²) in [5, 5.41) is 3.42. The highest BCUT2D eigenvalue weighted by molar-refractivity contribution is 8.00. The molecule has 0 aliphatic heterocycles. The largest absolute Gasteiger partial charge is 0.497 e. The summed E-state index contributed by atoms with van der Waals surface area (Å²) in [6.07, 6.45) is 3.80. The third-order valence-electron chi connectivity index (χ3n) is 3.72. The van der Waals surface area contributed by atoms with Gasteiger partial charge in [-0.3, -0.25) is 4.79 Å². The minimum absolute atomic E-state index is 0.0233. The van der Waals surface area contributed by atoms with Crippen LogP contribution in [0.3, 0.4) is 0 Å². The highest BCUT2D eigenvalue weighted by Gasteiger charge is 2.17. The first-order valence-electron chi connectivity index (χ1n) is 7.88. The second-order valence-electron chi connectivity index (χ2n) is 5.43. The number of methoxy groups -OCH3 is 1. The molecule has 2 N–H and O–H groups in total. The van der Waals surface area contributed by atoms with E-state index in [0.29, 0.717) is 12.2 Å². The predicted molar refractivity (Wildman–Crippen MR) is 96.7 cm³/mol. The maximum Gasteiger partial charge on any atom is 0.233 e. The second kappa shape index (κ2) is 7.98. The zero-order valence-corrected chi connectivity index (χ0v) is 14.8. The van der Waals surface area contributed by atoms with Crippen LogP contribution in [0, 0.1) is 0 Å². The van der Waals surface area contributed by atoms with Crippen molar-refractivity contribution >= 4 is 28.8 Å². The van der Waals surface area contributed by atoms with Gasteiger partial charge in [-0.15, -0.1) is 0 Å². The van der Waals surface area contributed by atoms with E-state index in [1.54, 1.807) is 13.4 Å². The number of nitrogens with one attached hydrogen (secondary N) is 2. The van der Waals surface area contributed by atoms with Crippen molar-refractivity contribution in [1.82, 2.24) is 25.3 Å². The summed E-state index contributed by atoms with van der Waals surface area (Å²) in [5.74, 6) is 0.803. The summed E-state index contributed by atoms with van der Waals surface area (Å²) in [6, 6.07) is 7.83. The number of aromatic amines is 1. The standard InChI is InChI=1S/C17H19N5O2S/c1-11(25-17-14-15(20-9-19-14)21-10-22-17)16(23)18-8-7-12-3-5-13(24-2)6-4-12/h3-6,9-11H,7-8H2,1-2H3,(H,18,23)(H,19,20,21,22)/t11-/m0/s1. The molecule has 2 heterocycles. The van der Waals surface area contributed by atoms with Gasteiger partial charge in [0.25, 0.3) is 0 Å². The van der Waals surface area contributed by atoms with Gasteiger partial charge in [0, 0.05) is 6.54 Å². The average molecular weight is 357 g/mol. The van der Waals surface area contributed by atoms with Crippen LogP contribution in [0.2, 0.25) is 0 Å². The highest BCUT2D eigenvalue weighted by Crippen LogP contribution is 2.25. The number of amides is 1. The molecule has 1 aromatic carbocycles. The molecule has 130 valence electrons. The molecular weight excluding hydrogens is 338 g/mol. The molecule has 1 amide bonds. The lowest BCUT2D eigenvalue weighted by molar-refractivity contribution is -0.120. The number of imidazole rings is 1. The lowest BCUT2D eigenvalue weighted by atomic mass is 10.1. The van der Waals surface area contributed by atoms with Crippen molar-refractivity contribution in [1.29, 1.82) is 0 Å². The second-order valence-corrected chi connectivity index (χ2v) is 6.76. The van der Waals surface area contributed by atoms with Gasteiger partial charge in [-0.1, -0.05) is 23.9 Å². The molecule has 0 saturated heterocycles. The van der Waals surface area contributed by atoms with Gasteiger partial charge in [-0.25, -0.2) is 15.0 Å². The van der Waals surface area contributed by atoms with Gasteiger partial charge < -0.3 is 15.0 Å². The Hall–Kier alpha value is -2.61. The fourth-order valence-corrected chi connectivity index (χ4v) is 3.22. The summed E-state index contributed by atoms with van der Waals surface area (Å²) in [4.78, 5) is 27.7. The Balaban J connectivity index is 1.51. The molecule has 0 aliphatic rings. The first-order valence-corrected chi connectivity index (χ1v) is 8.76. The van der Waals surface area contributed by atoms with Gasteiger partial charge in [0.15, 0.2) is 5.65 Å². The fourth-order valence-electron chi connectivity index (χ4n) is 2.32. The Morgan fingerprint density at radius 3 is 2.84 bits per heavy atom. The van der Waals surface area contributed by atoms with Gasteiger partial charge in [-0.05, 0) is 31.0 Å². The number of hydrogen-bond donors (Lipinski definition) is 2. The molecule has 0 bridgehead atoms. The number of benzene rings is 1. The van der Waals surface area contributed by atoms with E-state index in [0.717, 1.165) is 28.3 Å². The van der Waals surface area contributed by atoms with Crippen molar-refractivity contribution in [2.24, 2.45) is 0 Å². The van der Waals surface area contributed by atoms with Gasteiger partial charge in [0.05, 0.1) is 18.7 Å². The summed E-state index contributed by atoms with van der Waals surface area (Å²) < 4.78 is 5.13. The average Bonchev–Trinajstić information content (AvgIpc) is 3.12. The van der Waals surface area contributed by atoms with Crippen LogP contribution in [0.5, 0.6) is 5.75 Å². The molecule has 1 atom stereocenters. The summed E-state index contributed by atoms with van der Waals surface area (Å²) >= 11 is 1.39. The lowest BCUT2D eigenvalue weighted by Gasteiger charge is -2.12. The fraction of sp³-hybridized carbons (Fsp3) is 0.294. The van der Waals surface area contributed by atoms with Crippen molar-refractivity contribution in [2.45, 2.75) is 23.6 Å². The van der Waals surface area contributed by atoms with Crippen LogP contribution < -0.4 is 10.1 Å². The molecule has 0 saturated carbocycles. The number of aromatic nitrogens is 4. The van der Waals surface area contributed by atoms with Crippen LogP contribution in [0.25, 0.3) is 11.2 Å². The van der Waals surface area contributed by atoms with Crippen LogP contribution >= 0.6 is 11.8 Å². The quantitative estimate of drug-likeness (QED) is 0.497. The molecule has 0 radical (unpaired) electrons. The van der Waals surface area contributed by atoms with E-state index in [1.807, 2.05) is 31.2 Å². The number of carbonyl (C=O) groups is 1. The van der Waals surface area contributed by atoms with Crippen LogP contribution in [-0.4, -0.2) is 44.7 Å². The smallest absolute Gasteiger partial charge is 0.233 e. The number of hydrogen-bond acceptors (Lipinski definition) is 6. The predicted octanol–water partition coefficient (Wildman–Crippen LogP) is 2.20. The van der Waals surface area contributed by atoms with E-state index in [1.165, 1.54) is 18.1 Å². The maximum absolute atomic E-state index is 12.3. The van der Waals surface area contributed by atoms with Gasteiger partial charge in [0.2, 0.25) is 5.91 Å². The highest BCUT2D eigenvalue weighted by atomic mass is 32.2. The Labute approximate surface area is 149 Å². The third kappa shape index (κ3) is 4.27. The van der Waals surface area contributed by atoms with Gasteiger partial charge in [-0.2, -0.15) is 0 Å². The van der Waals surface area contributed by atoms with Crippen LogP contribution in [0.15, 0.2) is 41.9 Å². The number of fused-ring (bicyclic) bond motifs is 1. The van der Waals surface area contributed by atoms with E-state index >= 15 is 0 Å². The van der Waals surface area contributed by atoms with E-state index in [9.17, 15) is 4.79 Å². The molecule has 3 aromatic rings. The van der Waals surface area contributed by atoms with Crippen LogP contribution in [-0.2, 0) is 11.2 Å². The first-order chi connectivity index (χ1) is 12.2. The summed E-state index contributed by atoms with van der Waals surface area (Å²) in [7, 11) is 1.64. The number of ether oxygens (including phenoxy) is 1. The molecule has 2 aromatic heterocycles. The lowest BCUT2D eigenvalue weighted by Crippen LogP contribution is -2.32. The molecule has 3 rings (SSSR count). The first kappa shape index (κ1) is 17.2. The number of thioether (sulfide) groups is 1. The van der Waals surface area contributed by atoms with Crippen LogP contribution in [0.4, 0.5) is 0 Å². The monoisotopic (exact) mass is 357 g/mol. The van der Waals surface area contributed by atoms with Crippen molar-refractivity contribution in [3.05, 3.63) is 42.5 Å². The molecule has 7 nitrogen and oxygen atoms in total. The Morgan fingerprint density at radius 2 is 2.08 bits per heavy atom. The van der Waals surface area contributed by atoms with E-state index in [4.69, 9.17) is 4.74 Å². The third-order valence-corrected chi connectivity index (χ3v) is 4.82. The Morgan fingerprint density at radius 1 is 1.28 bits per heavy atom. The maximum atomic E-state index is 12.3. The molecule has 0 fully saturated rings. The van der Waals surface area contributed by atoms with E-state index in [2.05, 4.69) is 25.3 Å². The SMILES string of the molecule is COc1ccc(CCNC(=O)[C@H](C)Sc2ncnc3nc[nH]c23)cc1. The molecule has 0 aliphatic carbocycles. The van der Waals surface area contributed by atoms with E-state index in [-0.39, 0.29) is 11.2 Å². The minimum Gasteiger partial charge on any atom is -0.497 e. The minimum atomic E-state index is -0.266. The van der Waals surface area contributed by atoms with Crippen molar-refractivity contribution in [3.8, 4) is 5.75 Å². The summed E-state index contributed by atoms with van der Waals surface area (Å²) in [6.45, 7) is 2.44. The Kier molecular flexibility index (Phi) is 5.49. The number of nitrogens with zero attached hydrogens (tertiary/aromatic N) is 3. The molecular formula is C17H19N5O2S. The summed E-state index contributed by atoms with van der Waals surface area (Å²) in [5.41, 5.74) is 2.51. The molecule has 0 spiro atoms. The Bertz CT molecular complexity index is 850. The van der Waals surface area contributed by atoms with Gasteiger partial charge >= 0.3 is 0 Å². The zero-order chi connectivity index (χ0) is 17.6. The zero-order valence-electron chi connectivity index (χ0n) is 14.0.